The zero-order valence-corrected chi connectivity index (χ0v) is 14.4. The first-order valence-corrected chi connectivity index (χ1v) is 8.37. The summed E-state index contributed by atoms with van der Waals surface area (Å²) in [4.78, 5) is 13.4. The molecule has 1 fully saturated rings. The minimum atomic E-state index is -1.55. The molecule has 0 saturated carbocycles. The van der Waals surface area contributed by atoms with Crippen LogP contribution in [0.4, 0.5) is 0 Å². The van der Waals surface area contributed by atoms with Crippen LogP contribution in [-0.2, 0) is 0 Å². The third kappa shape index (κ3) is 4.90. The zero-order valence-electron chi connectivity index (χ0n) is 11.3. The summed E-state index contributed by atoms with van der Waals surface area (Å²) in [5, 5.41) is 3.42. The van der Waals surface area contributed by atoms with Crippen molar-refractivity contribution in [1.82, 2.24) is 5.32 Å². The SMILES string of the molecule is O=C(N[C@@H]([NH+]1CCCCC1)C(Cl)(Cl)Cl)c1ccc(Cl)cc1. The van der Waals surface area contributed by atoms with Crippen LogP contribution in [0.15, 0.2) is 24.3 Å². The molecule has 21 heavy (non-hydrogen) atoms. The lowest BCUT2D eigenvalue weighted by Crippen LogP contribution is -3.20. The highest BCUT2D eigenvalue weighted by atomic mass is 35.6. The molecule has 0 radical (unpaired) electrons. The summed E-state index contributed by atoms with van der Waals surface area (Å²) in [6.45, 7) is 1.78. The second-order valence-electron chi connectivity index (χ2n) is 5.17. The first-order valence-electron chi connectivity index (χ1n) is 6.85. The van der Waals surface area contributed by atoms with E-state index < -0.39 is 9.96 Å². The van der Waals surface area contributed by atoms with Crippen molar-refractivity contribution in [2.24, 2.45) is 0 Å². The van der Waals surface area contributed by atoms with E-state index >= 15 is 0 Å². The number of likely N-dealkylation sites (tertiary alicyclic amines) is 1. The average Bonchev–Trinajstić information content (AvgIpc) is 2.45. The summed E-state index contributed by atoms with van der Waals surface area (Å²) >= 11 is 24.0. The van der Waals surface area contributed by atoms with Gasteiger partial charge in [-0.05, 0) is 43.5 Å². The molecule has 0 aliphatic carbocycles. The van der Waals surface area contributed by atoms with Gasteiger partial charge >= 0.3 is 0 Å². The number of benzene rings is 1. The van der Waals surface area contributed by atoms with E-state index in [2.05, 4.69) is 5.32 Å². The van der Waals surface area contributed by atoms with Gasteiger partial charge in [0, 0.05) is 10.6 Å². The van der Waals surface area contributed by atoms with Crippen molar-refractivity contribution >= 4 is 52.3 Å². The maximum absolute atomic E-state index is 12.3. The largest absolute Gasteiger partial charge is 0.312 e. The molecule has 0 spiro atoms. The van der Waals surface area contributed by atoms with Crippen LogP contribution in [0.1, 0.15) is 29.6 Å². The first-order chi connectivity index (χ1) is 9.88. The molecule has 1 atom stereocenters. The van der Waals surface area contributed by atoms with Gasteiger partial charge in [0.25, 0.3) is 9.70 Å². The fourth-order valence-electron chi connectivity index (χ4n) is 2.53. The second kappa shape index (κ2) is 7.38. The molecule has 2 N–H and O–H groups in total. The highest BCUT2D eigenvalue weighted by Crippen LogP contribution is 2.28. The molecule has 1 aromatic carbocycles. The van der Waals surface area contributed by atoms with Crippen molar-refractivity contribution in [2.45, 2.75) is 29.2 Å². The number of alkyl halides is 3. The Hall–Kier alpha value is -0.190. The van der Waals surface area contributed by atoms with Crippen LogP contribution in [0.3, 0.4) is 0 Å². The predicted molar refractivity (Wildman–Crippen MR) is 87.5 cm³/mol. The van der Waals surface area contributed by atoms with Gasteiger partial charge in [0.15, 0.2) is 0 Å². The molecule has 1 heterocycles. The second-order valence-corrected chi connectivity index (χ2v) is 7.98. The quantitative estimate of drug-likeness (QED) is 0.788. The van der Waals surface area contributed by atoms with Crippen LogP contribution in [0, 0.1) is 0 Å². The van der Waals surface area contributed by atoms with E-state index in [1.54, 1.807) is 24.3 Å². The number of hydrogen-bond acceptors (Lipinski definition) is 1. The maximum atomic E-state index is 12.3. The maximum Gasteiger partial charge on any atom is 0.262 e. The molecule has 0 aromatic heterocycles. The highest BCUT2D eigenvalue weighted by Gasteiger charge is 2.42. The Morgan fingerprint density at radius 1 is 1.10 bits per heavy atom. The van der Waals surface area contributed by atoms with E-state index in [4.69, 9.17) is 46.4 Å². The minimum Gasteiger partial charge on any atom is -0.312 e. The fraction of sp³-hybridized carbons (Fsp3) is 0.500. The summed E-state index contributed by atoms with van der Waals surface area (Å²) < 4.78 is -1.55. The Labute approximate surface area is 144 Å². The molecule has 0 bridgehead atoms. The average molecular weight is 371 g/mol. The molecule has 3 nitrogen and oxygen atoms in total. The number of piperidine rings is 1. The number of rotatable bonds is 3. The van der Waals surface area contributed by atoms with Gasteiger partial charge in [-0.2, -0.15) is 0 Å². The number of hydrogen-bond donors (Lipinski definition) is 2. The summed E-state index contributed by atoms with van der Waals surface area (Å²) in [7, 11) is 0. The number of carbonyl (C=O) groups is 1. The lowest BCUT2D eigenvalue weighted by molar-refractivity contribution is -0.931. The molecule has 1 aliphatic heterocycles. The minimum absolute atomic E-state index is 0.263. The van der Waals surface area contributed by atoms with Crippen molar-refractivity contribution in [3.05, 3.63) is 34.9 Å². The molecule has 1 aromatic rings. The molecule has 0 unspecified atom stereocenters. The third-order valence-electron chi connectivity index (χ3n) is 3.61. The topological polar surface area (TPSA) is 33.5 Å². The Morgan fingerprint density at radius 2 is 1.67 bits per heavy atom. The van der Waals surface area contributed by atoms with Crippen molar-refractivity contribution in [3.8, 4) is 0 Å². The highest BCUT2D eigenvalue weighted by molar-refractivity contribution is 6.68. The molecule has 2 rings (SSSR count). The predicted octanol–water partition coefficient (Wildman–Crippen LogP) is 2.83. The van der Waals surface area contributed by atoms with Gasteiger partial charge in [-0.1, -0.05) is 46.4 Å². The Balaban J connectivity index is 2.10. The Morgan fingerprint density at radius 3 is 2.19 bits per heavy atom. The first kappa shape index (κ1) is 17.2. The zero-order chi connectivity index (χ0) is 15.5. The normalized spacial score (nSPS) is 18.3. The molecule has 1 aliphatic rings. The Kier molecular flexibility index (Phi) is 6.04. The Bertz CT molecular complexity index is 481. The summed E-state index contributed by atoms with van der Waals surface area (Å²) in [6.07, 6.45) is 2.76. The monoisotopic (exact) mass is 369 g/mol. The van der Waals surface area contributed by atoms with Crippen LogP contribution in [0.25, 0.3) is 0 Å². The molecular weight excluding hydrogens is 354 g/mol. The number of nitrogens with one attached hydrogen (secondary N) is 2. The molecule has 7 heteroatoms. The van der Waals surface area contributed by atoms with Crippen LogP contribution in [0.5, 0.6) is 0 Å². The number of amides is 1. The van der Waals surface area contributed by atoms with E-state index in [1.807, 2.05) is 0 Å². The van der Waals surface area contributed by atoms with Gasteiger partial charge in [0.2, 0.25) is 6.17 Å². The van der Waals surface area contributed by atoms with E-state index in [0.29, 0.717) is 10.6 Å². The van der Waals surface area contributed by atoms with Crippen LogP contribution in [0.2, 0.25) is 5.02 Å². The summed E-state index contributed by atoms with van der Waals surface area (Å²) in [5.74, 6) is -0.263. The van der Waals surface area contributed by atoms with Gasteiger partial charge in [-0.15, -0.1) is 0 Å². The van der Waals surface area contributed by atoms with Crippen molar-refractivity contribution in [1.29, 1.82) is 0 Å². The summed E-state index contributed by atoms with van der Waals surface area (Å²) in [6, 6.07) is 6.63. The van der Waals surface area contributed by atoms with Crippen molar-refractivity contribution in [2.75, 3.05) is 13.1 Å². The van der Waals surface area contributed by atoms with Gasteiger partial charge in [0.1, 0.15) is 0 Å². The lowest BCUT2D eigenvalue weighted by Gasteiger charge is -2.35. The van der Waals surface area contributed by atoms with Crippen LogP contribution >= 0.6 is 46.4 Å². The van der Waals surface area contributed by atoms with Gasteiger partial charge < -0.3 is 4.90 Å². The van der Waals surface area contributed by atoms with Crippen molar-refractivity contribution < 1.29 is 9.69 Å². The van der Waals surface area contributed by atoms with E-state index in [1.165, 1.54) is 6.42 Å². The summed E-state index contributed by atoms with van der Waals surface area (Å²) in [5.41, 5.74) is 0.495. The van der Waals surface area contributed by atoms with Gasteiger partial charge in [-0.25, -0.2) is 0 Å². The fourth-order valence-corrected chi connectivity index (χ4v) is 3.28. The third-order valence-corrected chi connectivity index (χ3v) is 4.52. The van der Waals surface area contributed by atoms with E-state index in [-0.39, 0.29) is 5.91 Å². The number of quaternary nitrogens is 1. The molecule has 1 amide bonds. The molecule has 116 valence electrons. The van der Waals surface area contributed by atoms with Crippen LogP contribution in [-0.4, -0.2) is 29.0 Å². The number of halogens is 4. The molecular formula is C14H17Cl4N2O+. The van der Waals surface area contributed by atoms with Crippen molar-refractivity contribution in [3.63, 3.8) is 0 Å². The smallest absolute Gasteiger partial charge is 0.262 e. The van der Waals surface area contributed by atoms with Crippen LogP contribution < -0.4 is 10.2 Å². The van der Waals surface area contributed by atoms with Gasteiger partial charge in [-0.3, -0.25) is 10.1 Å². The lowest BCUT2D eigenvalue weighted by atomic mass is 10.1. The van der Waals surface area contributed by atoms with E-state index in [9.17, 15) is 4.79 Å². The number of carbonyl (C=O) groups excluding carboxylic acids is 1. The standard InChI is InChI=1S/C14H16Cl4N2O/c15-11-6-4-10(5-7-11)12(21)19-13(14(16,17)18)20-8-2-1-3-9-20/h4-7,13H,1-3,8-9H2,(H,19,21)/p+1/t13-/m0/s1. The van der Waals surface area contributed by atoms with Gasteiger partial charge in [0.05, 0.1) is 13.1 Å². The van der Waals surface area contributed by atoms with E-state index in [0.717, 1.165) is 30.8 Å². The molecule has 1 saturated heterocycles.